The third-order valence-electron chi connectivity index (χ3n) is 2.73. The minimum Gasteiger partial charge on any atom is -0.481 e. The predicted octanol–water partition coefficient (Wildman–Crippen LogP) is 3.29. The van der Waals surface area contributed by atoms with Crippen molar-refractivity contribution >= 4 is 5.97 Å². The van der Waals surface area contributed by atoms with Gasteiger partial charge in [0.05, 0.1) is 6.42 Å². The van der Waals surface area contributed by atoms with Crippen LogP contribution in [0.1, 0.15) is 11.1 Å². The Balaban J connectivity index is 2.35. The van der Waals surface area contributed by atoms with E-state index in [0.717, 1.165) is 22.3 Å². The molecular weight excluding hydrogens is 212 g/mol. The van der Waals surface area contributed by atoms with E-state index < -0.39 is 5.97 Å². The summed E-state index contributed by atoms with van der Waals surface area (Å²) in [7, 11) is 0. The van der Waals surface area contributed by atoms with Gasteiger partial charge in [0.15, 0.2) is 0 Å². The molecular formula is C15H14O2. The molecule has 0 aliphatic rings. The molecule has 0 atom stereocenters. The highest BCUT2D eigenvalue weighted by Crippen LogP contribution is 2.24. The lowest BCUT2D eigenvalue weighted by Crippen LogP contribution is -2.00. The average Bonchev–Trinajstić information content (AvgIpc) is 2.29. The molecule has 1 N–H and O–H groups in total. The summed E-state index contributed by atoms with van der Waals surface area (Å²) >= 11 is 0. The first-order valence-corrected chi connectivity index (χ1v) is 5.53. The summed E-state index contributed by atoms with van der Waals surface area (Å²) in [5, 5.41) is 8.74. The number of benzene rings is 2. The average molecular weight is 226 g/mol. The van der Waals surface area contributed by atoms with Gasteiger partial charge in [-0.25, -0.2) is 0 Å². The third kappa shape index (κ3) is 2.72. The molecule has 0 saturated heterocycles. The Labute approximate surface area is 101 Å². The first-order valence-electron chi connectivity index (χ1n) is 5.53. The van der Waals surface area contributed by atoms with Gasteiger partial charge in [-0.05, 0) is 29.2 Å². The number of carboxylic acids is 1. The fourth-order valence-corrected chi connectivity index (χ4v) is 1.95. The van der Waals surface area contributed by atoms with Crippen molar-refractivity contribution in [3.05, 3.63) is 59.7 Å². The SMILES string of the molecule is Cc1cc(CC(=O)O)ccc1-c1ccccc1. The molecule has 0 fully saturated rings. The summed E-state index contributed by atoms with van der Waals surface area (Å²) < 4.78 is 0. The lowest BCUT2D eigenvalue weighted by molar-refractivity contribution is -0.136. The van der Waals surface area contributed by atoms with Crippen LogP contribution >= 0.6 is 0 Å². The summed E-state index contributed by atoms with van der Waals surface area (Å²) in [6.45, 7) is 2.01. The standard InChI is InChI=1S/C15H14O2/c1-11-9-12(10-15(16)17)7-8-14(11)13-5-3-2-4-6-13/h2-9H,10H2,1H3,(H,16,17). The molecule has 2 nitrogen and oxygen atoms in total. The van der Waals surface area contributed by atoms with E-state index in [9.17, 15) is 4.79 Å². The molecule has 0 radical (unpaired) electrons. The van der Waals surface area contributed by atoms with Gasteiger partial charge in [-0.2, -0.15) is 0 Å². The van der Waals surface area contributed by atoms with Gasteiger partial charge >= 0.3 is 5.97 Å². The monoisotopic (exact) mass is 226 g/mol. The molecule has 17 heavy (non-hydrogen) atoms. The summed E-state index contributed by atoms with van der Waals surface area (Å²) in [5.41, 5.74) is 4.26. The van der Waals surface area contributed by atoms with Crippen LogP contribution in [-0.2, 0) is 11.2 Å². The van der Waals surface area contributed by atoms with E-state index in [1.807, 2.05) is 43.3 Å². The van der Waals surface area contributed by atoms with E-state index in [0.29, 0.717) is 0 Å². The summed E-state index contributed by atoms with van der Waals surface area (Å²) in [4.78, 5) is 10.6. The van der Waals surface area contributed by atoms with Crippen LogP contribution in [0.15, 0.2) is 48.5 Å². The summed E-state index contributed by atoms with van der Waals surface area (Å²) in [6.07, 6.45) is 0.0793. The molecule has 0 aliphatic heterocycles. The molecule has 2 heteroatoms. The van der Waals surface area contributed by atoms with Crippen molar-refractivity contribution in [1.82, 2.24) is 0 Å². The Hall–Kier alpha value is -2.09. The Morgan fingerprint density at radius 3 is 2.41 bits per heavy atom. The van der Waals surface area contributed by atoms with Gasteiger partial charge in [-0.1, -0.05) is 48.5 Å². The van der Waals surface area contributed by atoms with Crippen molar-refractivity contribution in [2.24, 2.45) is 0 Å². The minimum atomic E-state index is -0.795. The summed E-state index contributed by atoms with van der Waals surface area (Å²) in [6, 6.07) is 15.9. The van der Waals surface area contributed by atoms with Gasteiger partial charge in [-0.15, -0.1) is 0 Å². The molecule has 0 heterocycles. The Bertz CT molecular complexity index is 530. The second-order valence-electron chi connectivity index (χ2n) is 4.09. The van der Waals surface area contributed by atoms with Crippen LogP contribution in [0, 0.1) is 6.92 Å². The lowest BCUT2D eigenvalue weighted by Gasteiger charge is -2.07. The van der Waals surface area contributed by atoms with E-state index in [1.54, 1.807) is 0 Å². The third-order valence-corrected chi connectivity index (χ3v) is 2.73. The number of hydrogen-bond donors (Lipinski definition) is 1. The molecule has 2 aromatic carbocycles. The zero-order valence-electron chi connectivity index (χ0n) is 9.68. The highest BCUT2D eigenvalue weighted by atomic mass is 16.4. The van der Waals surface area contributed by atoms with Crippen molar-refractivity contribution in [2.75, 3.05) is 0 Å². The largest absolute Gasteiger partial charge is 0.481 e. The van der Waals surface area contributed by atoms with Gasteiger partial charge in [0, 0.05) is 0 Å². The minimum absolute atomic E-state index is 0.0793. The lowest BCUT2D eigenvalue weighted by atomic mass is 9.98. The molecule has 0 aliphatic carbocycles. The number of hydrogen-bond acceptors (Lipinski definition) is 1. The number of carbonyl (C=O) groups is 1. The smallest absolute Gasteiger partial charge is 0.307 e. The molecule has 2 rings (SSSR count). The quantitative estimate of drug-likeness (QED) is 0.872. The van der Waals surface area contributed by atoms with Crippen LogP contribution in [0.3, 0.4) is 0 Å². The van der Waals surface area contributed by atoms with Crippen molar-refractivity contribution in [3.8, 4) is 11.1 Å². The normalized spacial score (nSPS) is 10.2. The number of carboxylic acid groups (broad SMARTS) is 1. The van der Waals surface area contributed by atoms with Gasteiger partial charge < -0.3 is 5.11 Å². The van der Waals surface area contributed by atoms with Gasteiger partial charge in [0.25, 0.3) is 0 Å². The van der Waals surface area contributed by atoms with E-state index in [2.05, 4.69) is 12.1 Å². The van der Waals surface area contributed by atoms with Crippen molar-refractivity contribution in [2.45, 2.75) is 13.3 Å². The predicted molar refractivity (Wildman–Crippen MR) is 68.0 cm³/mol. The molecule has 2 aromatic rings. The second kappa shape index (κ2) is 4.83. The van der Waals surface area contributed by atoms with Crippen molar-refractivity contribution < 1.29 is 9.90 Å². The molecule has 0 amide bonds. The van der Waals surface area contributed by atoms with Gasteiger partial charge in [0.2, 0.25) is 0 Å². The van der Waals surface area contributed by atoms with E-state index in [1.165, 1.54) is 0 Å². The second-order valence-corrected chi connectivity index (χ2v) is 4.09. The Morgan fingerprint density at radius 2 is 1.82 bits per heavy atom. The van der Waals surface area contributed by atoms with Crippen molar-refractivity contribution in [3.63, 3.8) is 0 Å². The van der Waals surface area contributed by atoms with Crippen LogP contribution in [-0.4, -0.2) is 11.1 Å². The Morgan fingerprint density at radius 1 is 1.12 bits per heavy atom. The maximum Gasteiger partial charge on any atom is 0.307 e. The fraction of sp³-hybridized carbons (Fsp3) is 0.133. The first kappa shape index (κ1) is 11.4. The van der Waals surface area contributed by atoms with Gasteiger partial charge in [0.1, 0.15) is 0 Å². The molecule has 0 bridgehead atoms. The Kier molecular flexibility index (Phi) is 3.24. The molecule has 86 valence electrons. The topological polar surface area (TPSA) is 37.3 Å². The van der Waals surface area contributed by atoms with Crippen LogP contribution < -0.4 is 0 Å². The maximum atomic E-state index is 10.6. The highest BCUT2D eigenvalue weighted by molar-refractivity contribution is 5.72. The fourth-order valence-electron chi connectivity index (χ4n) is 1.95. The van der Waals surface area contributed by atoms with E-state index >= 15 is 0 Å². The number of aliphatic carboxylic acids is 1. The maximum absolute atomic E-state index is 10.6. The van der Waals surface area contributed by atoms with Crippen molar-refractivity contribution in [1.29, 1.82) is 0 Å². The zero-order chi connectivity index (χ0) is 12.3. The van der Waals surface area contributed by atoms with Crippen LogP contribution in [0.4, 0.5) is 0 Å². The van der Waals surface area contributed by atoms with Crippen LogP contribution in [0.5, 0.6) is 0 Å². The van der Waals surface area contributed by atoms with Crippen LogP contribution in [0.2, 0.25) is 0 Å². The van der Waals surface area contributed by atoms with E-state index in [4.69, 9.17) is 5.11 Å². The molecule has 0 unspecified atom stereocenters. The molecule has 0 saturated carbocycles. The number of rotatable bonds is 3. The zero-order valence-corrected chi connectivity index (χ0v) is 9.68. The number of aryl methyl sites for hydroxylation is 1. The van der Waals surface area contributed by atoms with Gasteiger partial charge in [-0.3, -0.25) is 4.79 Å². The molecule has 0 aromatic heterocycles. The van der Waals surface area contributed by atoms with Crippen LogP contribution in [0.25, 0.3) is 11.1 Å². The van der Waals surface area contributed by atoms with E-state index in [-0.39, 0.29) is 6.42 Å². The first-order chi connectivity index (χ1) is 8.16. The highest BCUT2D eigenvalue weighted by Gasteiger charge is 2.05. The molecule has 0 spiro atoms. The summed E-state index contributed by atoms with van der Waals surface area (Å²) in [5.74, 6) is -0.795.